The van der Waals surface area contributed by atoms with E-state index in [0.717, 1.165) is 31.3 Å². The van der Waals surface area contributed by atoms with Crippen LogP contribution in [0.25, 0.3) is 0 Å². The summed E-state index contributed by atoms with van der Waals surface area (Å²) in [6, 6.07) is 0. The zero-order valence-electron chi connectivity index (χ0n) is 8.54. The normalized spacial score (nSPS) is 14.9. The molecular weight excluding hydrogens is 226 g/mol. The second-order valence-corrected chi connectivity index (χ2v) is 3.99. The number of rotatable bonds is 1. The Balaban J connectivity index is 1.92. The number of imidazole rings is 1. The first-order valence-corrected chi connectivity index (χ1v) is 5.44. The van der Waals surface area contributed by atoms with E-state index in [1.165, 1.54) is 0 Å². The van der Waals surface area contributed by atoms with Gasteiger partial charge in [-0.25, -0.2) is 15.0 Å². The van der Waals surface area contributed by atoms with E-state index in [1.807, 2.05) is 12.4 Å². The van der Waals surface area contributed by atoms with E-state index in [4.69, 9.17) is 11.6 Å². The van der Waals surface area contributed by atoms with Crippen LogP contribution >= 0.6 is 11.6 Å². The monoisotopic (exact) mass is 235 g/mol. The fraction of sp³-hybridized carbons (Fsp3) is 0.300. The maximum absolute atomic E-state index is 6.02. The molecule has 0 saturated heterocycles. The number of hydrogen-bond donors (Lipinski definition) is 0. The van der Waals surface area contributed by atoms with Gasteiger partial charge in [-0.05, 0) is 0 Å². The summed E-state index contributed by atoms with van der Waals surface area (Å²) in [5.74, 6) is 1.77. The first-order chi connectivity index (χ1) is 7.84. The maximum atomic E-state index is 6.02. The molecule has 0 N–H and O–H groups in total. The van der Waals surface area contributed by atoms with Crippen LogP contribution < -0.4 is 4.90 Å². The predicted molar refractivity (Wildman–Crippen MR) is 60.3 cm³/mol. The minimum atomic E-state index is 0.447. The summed E-state index contributed by atoms with van der Waals surface area (Å²) in [6.07, 6.45) is 7.06. The Labute approximate surface area is 97.7 Å². The van der Waals surface area contributed by atoms with Gasteiger partial charge >= 0.3 is 0 Å². The molecule has 82 valence electrons. The Morgan fingerprint density at radius 3 is 2.81 bits per heavy atom. The Hall–Kier alpha value is -1.62. The first-order valence-electron chi connectivity index (χ1n) is 5.06. The van der Waals surface area contributed by atoms with Gasteiger partial charge in [0.1, 0.15) is 5.82 Å². The summed E-state index contributed by atoms with van der Waals surface area (Å²) >= 11 is 6.02. The van der Waals surface area contributed by atoms with Gasteiger partial charge in [0.05, 0.1) is 6.54 Å². The summed E-state index contributed by atoms with van der Waals surface area (Å²) in [4.78, 5) is 14.7. The Kier molecular flexibility index (Phi) is 2.25. The summed E-state index contributed by atoms with van der Waals surface area (Å²) < 4.78 is 2.14. The van der Waals surface area contributed by atoms with Crippen molar-refractivity contribution >= 4 is 17.4 Å². The van der Waals surface area contributed by atoms with Crippen molar-refractivity contribution in [3.8, 4) is 0 Å². The second kappa shape index (κ2) is 3.75. The van der Waals surface area contributed by atoms with Gasteiger partial charge in [0.25, 0.3) is 0 Å². The Morgan fingerprint density at radius 2 is 1.94 bits per heavy atom. The highest BCUT2D eigenvalue weighted by Gasteiger charge is 2.19. The van der Waals surface area contributed by atoms with Gasteiger partial charge < -0.3 is 9.47 Å². The van der Waals surface area contributed by atoms with Gasteiger partial charge in [-0.3, -0.25) is 0 Å². The van der Waals surface area contributed by atoms with Gasteiger partial charge in [0.15, 0.2) is 11.0 Å². The largest absolute Gasteiger partial charge is 0.345 e. The van der Waals surface area contributed by atoms with Crippen LogP contribution in [-0.2, 0) is 13.1 Å². The van der Waals surface area contributed by atoms with Crippen LogP contribution in [0.4, 0.5) is 5.82 Å². The minimum absolute atomic E-state index is 0.447. The highest BCUT2D eigenvalue weighted by molar-refractivity contribution is 6.31. The molecule has 1 aliphatic heterocycles. The van der Waals surface area contributed by atoms with Crippen molar-refractivity contribution in [3.63, 3.8) is 0 Å². The molecule has 0 radical (unpaired) electrons. The van der Waals surface area contributed by atoms with Gasteiger partial charge in [0.2, 0.25) is 0 Å². The lowest BCUT2D eigenvalue weighted by Gasteiger charge is -2.28. The quantitative estimate of drug-likeness (QED) is 0.749. The lowest BCUT2D eigenvalue weighted by atomic mass is 10.3. The predicted octanol–water partition coefficient (Wildman–Crippen LogP) is 1.35. The van der Waals surface area contributed by atoms with Gasteiger partial charge in [-0.1, -0.05) is 11.6 Å². The zero-order valence-corrected chi connectivity index (χ0v) is 9.30. The molecule has 2 aromatic rings. The molecule has 3 rings (SSSR count). The van der Waals surface area contributed by atoms with Crippen molar-refractivity contribution in [2.45, 2.75) is 13.1 Å². The van der Waals surface area contributed by atoms with Crippen molar-refractivity contribution in [1.82, 2.24) is 19.5 Å². The molecule has 3 heterocycles. The molecule has 6 heteroatoms. The standard InChI is InChI=1S/C10H10ClN5/c11-9-10(14-2-1-13-9)16-6-5-15-4-3-12-8(15)7-16/h1-4H,5-7H2. The summed E-state index contributed by atoms with van der Waals surface area (Å²) in [6.45, 7) is 2.51. The maximum Gasteiger partial charge on any atom is 0.171 e. The molecule has 1 aliphatic rings. The number of nitrogens with zero attached hydrogens (tertiary/aromatic N) is 5. The average molecular weight is 236 g/mol. The van der Waals surface area contributed by atoms with Crippen molar-refractivity contribution in [3.05, 3.63) is 35.8 Å². The van der Waals surface area contributed by atoms with Crippen molar-refractivity contribution < 1.29 is 0 Å². The van der Waals surface area contributed by atoms with Crippen LogP contribution in [0.5, 0.6) is 0 Å². The number of fused-ring (bicyclic) bond motifs is 1. The molecular formula is C10H10ClN5. The molecule has 16 heavy (non-hydrogen) atoms. The third-order valence-electron chi connectivity index (χ3n) is 2.68. The van der Waals surface area contributed by atoms with E-state index in [2.05, 4.69) is 24.4 Å². The minimum Gasteiger partial charge on any atom is -0.345 e. The molecule has 0 amide bonds. The van der Waals surface area contributed by atoms with Gasteiger partial charge in [-0.15, -0.1) is 0 Å². The third-order valence-corrected chi connectivity index (χ3v) is 2.95. The Bertz CT molecular complexity index is 509. The van der Waals surface area contributed by atoms with Crippen molar-refractivity contribution in [1.29, 1.82) is 0 Å². The molecule has 0 bridgehead atoms. The molecule has 0 atom stereocenters. The topological polar surface area (TPSA) is 46.8 Å². The lowest BCUT2D eigenvalue weighted by Crippen LogP contribution is -2.34. The number of anilines is 1. The molecule has 0 fully saturated rings. The summed E-state index contributed by atoms with van der Waals surface area (Å²) in [5.41, 5.74) is 0. The van der Waals surface area contributed by atoms with E-state index in [0.29, 0.717) is 5.15 Å². The fourth-order valence-corrected chi connectivity index (χ4v) is 2.10. The fourth-order valence-electron chi connectivity index (χ4n) is 1.88. The lowest BCUT2D eigenvalue weighted by molar-refractivity contribution is 0.555. The highest BCUT2D eigenvalue weighted by Crippen LogP contribution is 2.23. The summed E-state index contributed by atoms with van der Waals surface area (Å²) in [5, 5.41) is 0.447. The zero-order chi connectivity index (χ0) is 11.0. The van der Waals surface area contributed by atoms with E-state index < -0.39 is 0 Å². The third kappa shape index (κ3) is 1.53. The molecule has 0 aliphatic carbocycles. The van der Waals surface area contributed by atoms with E-state index >= 15 is 0 Å². The van der Waals surface area contributed by atoms with Crippen LogP contribution in [0.15, 0.2) is 24.8 Å². The molecule has 0 unspecified atom stereocenters. The highest BCUT2D eigenvalue weighted by atomic mass is 35.5. The molecule has 0 spiro atoms. The van der Waals surface area contributed by atoms with Gasteiger partial charge in [-0.2, -0.15) is 0 Å². The summed E-state index contributed by atoms with van der Waals surface area (Å²) in [7, 11) is 0. The van der Waals surface area contributed by atoms with E-state index in [1.54, 1.807) is 12.4 Å². The van der Waals surface area contributed by atoms with Gasteiger partial charge in [0, 0.05) is 37.9 Å². The number of halogens is 1. The number of aromatic nitrogens is 4. The van der Waals surface area contributed by atoms with Crippen LogP contribution in [0, 0.1) is 0 Å². The average Bonchev–Trinajstić information content (AvgIpc) is 2.76. The van der Waals surface area contributed by atoms with Crippen LogP contribution in [0.1, 0.15) is 5.82 Å². The number of hydrogen-bond acceptors (Lipinski definition) is 4. The van der Waals surface area contributed by atoms with Crippen LogP contribution in [0.3, 0.4) is 0 Å². The van der Waals surface area contributed by atoms with Crippen LogP contribution in [-0.4, -0.2) is 26.1 Å². The second-order valence-electron chi connectivity index (χ2n) is 3.63. The van der Waals surface area contributed by atoms with E-state index in [-0.39, 0.29) is 0 Å². The SMILES string of the molecule is Clc1nccnc1N1CCn2ccnc2C1. The smallest absolute Gasteiger partial charge is 0.171 e. The molecule has 5 nitrogen and oxygen atoms in total. The molecule has 0 aromatic carbocycles. The van der Waals surface area contributed by atoms with Crippen LogP contribution in [0.2, 0.25) is 5.15 Å². The van der Waals surface area contributed by atoms with Crippen molar-refractivity contribution in [2.75, 3.05) is 11.4 Å². The van der Waals surface area contributed by atoms with Crippen molar-refractivity contribution in [2.24, 2.45) is 0 Å². The van der Waals surface area contributed by atoms with E-state index in [9.17, 15) is 0 Å². The Morgan fingerprint density at radius 1 is 1.06 bits per heavy atom. The first kappa shape index (κ1) is 9.59. The molecule has 2 aromatic heterocycles. The molecule has 0 saturated carbocycles.